The lowest BCUT2D eigenvalue weighted by Gasteiger charge is -2.20. The number of ether oxygens (including phenoxy) is 1. The zero-order valence-electron chi connectivity index (χ0n) is 16.1. The third kappa shape index (κ3) is 6.03. The summed E-state index contributed by atoms with van der Waals surface area (Å²) in [4.78, 5) is 12.3. The summed E-state index contributed by atoms with van der Waals surface area (Å²) in [7, 11) is -2.91. The van der Waals surface area contributed by atoms with Crippen molar-refractivity contribution in [2.45, 2.75) is 31.2 Å². The highest BCUT2D eigenvalue weighted by Crippen LogP contribution is 2.24. The van der Waals surface area contributed by atoms with Gasteiger partial charge < -0.3 is 10.1 Å². The molecule has 0 bridgehead atoms. The van der Waals surface area contributed by atoms with Crippen LogP contribution in [0.25, 0.3) is 0 Å². The predicted octanol–water partition coefficient (Wildman–Crippen LogP) is 2.50. The summed E-state index contributed by atoms with van der Waals surface area (Å²) in [6.07, 6.45) is 0.154. The number of amides is 1. The summed E-state index contributed by atoms with van der Waals surface area (Å²) in [6.45, 7) is 4.29. The van der Waals surface area contributed by atoms with E-state index >= 15 is 0 Å². The highest BCUT2D eigenvalue weighted by Gasteiger charge is 2.28. The zero-order valence-corrected chi connectivity index (χ0v) is 16.9. The summed E-state index contributed by atoms with van der Waals surface area (Å²) < 4.78 is 46.8. The summed E-state index contributed by atoms with van der Waals surface area (Å²) in [5, 5.41) is 2.75. The summed E-state index contributed by atoms with van der Waals surface area (Å²) in [6, 6.07) is 11.2. The fourth-order valence-corrected chi connectivity index (χ4v) is 3.95. The molecule has 0 heterocycles. The molecule has 8 heteroatoms. The molecule has 2 aromatic rings. The molecule has 0 aliphatic heterocycles. The second-order valence-electron chi connectivity index (χ2n) is 6.80. The Balaban J connectivity index is 2.32. The first kappa shape index (κ1) is 21.8. The molecule has 2 aromatic carbocycles. The van der Waals surface area contributed by atoms with Crippen molar-refractivity contribution in [3.8, 4) is 5.75 Å². The van der Waals surface area contributed by atoms with E-state index in [1.54, 1.807) is 12.1 Å². The van der Waals surface area contributed by atoms with Crippen molar-refractivity contribution in [1.82, 2.24) is 10.0 Å². The molecule has 2 N–H and O–H groups in total. The topological polar surface area (TPSA) is 84.5 Å². The molecule has 0 aromatic heterocycles. The van der Waals surface area contributed by atoms with E-state index in [2.05, 4.69) is 10.0 Å². The fraction of sp³-hybridized carbons (Fsp3) is 0.350. The van der Waals surface area contributed by atoms with Gasteiger partial charge in [0.25, 0.3) is 0 Å². The van der Waals surface area contributed by atoms with Crippen LogP contribution in [0.4, 0.5) is 4.39 Å². The Morgan fingerprint density at radius 3 is 2.43 bits per heavy atom. The molecule has 1 unspecified atom stereocenters. The summed E-state index contributed by atoms with van der Waals surface area (Å²) in [5.74, 6) is -0.960. The quantitative estimate of drug-likeness (QED) is 0.668. The summed E-state index contributed by atoms with van der Waals surface area (Å²) >= 11 is 0. The average molecular weight is 408 g/mol. The molecule has 0 radical (unpaired) electrons. The van der Waals surface area contributed by atoms with Crippen LogP contribution in [0.15, 0.2) is 53.4 Å². The van der Waals surface area contributed by atoms with E-state index in [0.29, 0.717) is 6.54 Å². The number of hydrogen-bond acceptors (Lipinski definition) is 4. The van der Waals surface area contributed by atoms with Crippen LogP contribution in [0, 0.1) is 11.7 Å². The van der Waals surface area contributed by atoms with Gasteiger partial charge in [0.1, 0.15) is 22.5 Å². The minimum Gasteiger partial charge on any atom is -0.495 e. The second kappa shape index (κ2) is 9.66. The van der Waals surface area contributed by atoms with Crippen LogP contribution in [0.2, 0.25) is 0 Å². The maximum absolute atomic E-state index is 13.6. The molecule has 1 amide bonds. The lowest BCUT2D eigenvalue weighted by atomic mass is 10.1. The van der Waals surface area contributed by atoms with Crippen molar-refractivity contribution in [2.24, 2.45) is 5.92 Å². The van der Waals surface area contributed by atoms with Gasteiger partial charge >= 0.3 is 0 Å². The highest BCUT2D eigenvalue weighted by molar-refractivity contribution is 7.89. The fourth-order valence-electron chi connectivity index (χ4n) is 2.58. The standard InChI is InChI=1S/C20H25FN2O4S/c1-14(2)13-22-20(24)17(11-15-7-5-4-6-8-15)23-28(25,26)19-12-16(21)9-10-18(19)27-3/h4-10,12,14,17,23H,11,13H2,1-3H3,(H,22,24). The van der Waals surface area contributed by atoms with Gasteiger partial charge in [-0.25, -0.2) is 12.8 Å². The molecule has 0 aliphatic carbocycles. The van der Waals surface area contributed by atoms with Crippen LogP contribution < -0.4 is 14.8 Å². The van der Waals surface area contributed by atoms with Crippen LogP contribution in [-0.2, 0) is 21.2 Å². The molecule has 0 aliphatic rings. The third-order valence-corrected chi connectivity index (χ3v) is 5.49. The van der Waals surface area contributed by atoms with Crippen molar-refractivity contribution in [2.75, 3.05) is 13.7 Å². The van der Waals surface area contributed by atoms with Crippen molar-refractivity contribution in [3.63, 3.8) is 0 Å². The lowest BCUT2D eigenvalue weighted by molar-refractivity contribution is -0.122. The molecular formula is C20H25FN2O4S. The Bertz CT molecular complexity index is 902. The van der Waals surface area contributed by atoms with Gasteiger partial charge in [-0.15, -0.1) is 0 Å². The number of methoxy groups -OCH3 is 1. The van der Waals surface area contributed by atoms with E-state index in [1.165, 1.54) is 13.2 Å². The van der Waals surface area contributed by atoms with Gasteiger partial charge in [-0.3, -0.25) is 4.79 Å². The maximum Gasteiger partial charge on any atom is 0.245 e. The van der Waals surface area contributed by atoms with Gasteiger partial charge in [-0.2, -0.15) is 4.72 Å². The van der Waals surface area contributed by atoms with E-state index in [0.717, 1.165) is 17.7 Å². The van der Waals surface area contributed by atoms with Crippen LogP contribution in [0.5, 0.6) is 5.75 Å². The van der Waals surface area contributed by atoms with Gasteiger partial charge in [0.2, 0.25) is 15.9 Å². The maximum atomic E-state index is 13.6. The smallest absolute Gasteiger partial charge is 0.245 e. The van der Waals surface area contributed by atoms with Crippen molar-refractivity contribution in [3.05, 3.63) is 59.9 Å². The van der Waals surface area contributed by atoms with Crippen LogP contribution >= 0.6 is 0 Å². The highest BCUT2D eigenvalue weighted by atomic mass is 32.2. The van der Waals surface area contributed by atoms with Crippen molar-refractivity contribution >= 4 is 15.9 Å². The van der Waals surface area contributed by atoms with E-state index in [-0.39, 0.29) is 23.0 Å². The number of sulfonamides is 1. The van der Waals surface area contributed by atoms with Gasteiger partial charge in [-0.1, -0.05) is 44.2 Å². The van der Waals surface area contributed by atoms with Crippen molar-refractivity contribution < 1.29 is 22.3 Å². The zero-order chi connectivity index (χ0) is 20.7. The normalized spacial score (nSPS) is 12.6. The SMILES string of the molecule is COc1ccc(F)cc1S(=O)(=O)NC(Cc1ccccc1)C(=O)NCC(C)C. The molecule has 28 heavy (non-hydrogen) atoms. The van der Waals surface area contributed by atoms with Gasteiger partial charge in [-0.05, 0) is 36.1 Å². The molecule has 0 saturated carbocycles. The van der Waals surface area contributed by atoms with Gasteiger partial charge in [0.05, 0.1) is 7.11 Å². The second-order valence-corrected chi connectivity index (χ2v) is 8.48. The Hall–Kier alpha value is -2.45. The molecule has 0 fully saturated rings. The van der Waals surface area contributed by atoms with Crippen molar-refractivity contribution in [1.29, 1.82) is 0 Å². The number of rotatable bonds is 9. The molecule has 0 spiro atoms. The minimum atomic E-state index is -4.20. The number of hydrogen-bond donors (Lipinski definition) is 2. The first-order valence-corrected chi connectivity index (χ1v) is 10.4. The number of carbonyl (C=O) groups is 1. The Kier molecular flexibility index (Phi) is 7.53. The number of benzene rings is 2. The first-order valence-electron chi connectivity index (χ1n) is 8.90. The summed E-state index contributed by atoms with van der Waals surface area (Å²) in [5.41, 5.74) is 0.793. The monoisotopic (exact) mass is 408 g/mol. The predicted molar refractivity (Wildman–Crippen MR) is 105 cm³/mol. The number of nitrogens with one attached hydrogen (secondary N) is 2. The van der Waals surface area contributed by atoms with Crippen LogP contribution in [0.1, 0.15) is 19.4 Å². The van der Waals surface area contributed by atoms with Crippen LogP contribution in [-0.4, -0.2) is 34.0 Å². The Morgan fingerprint density at radius 1 is 1.14 bits per heavy atom. The first-order chi connectivity index (χ1) is 13.2. The van der Waals surface area contributed by atoms with Gasteiger partial charge in [0, 0.05) is 6.54 Å². The van der Waals surface area contributed by atoms with E-state index in [9.17, 15) is 17.6 Å². The average Bonchev–Trinajstić information content (AvgIpc) is 2.66. The van der Waals surface area contributed by atoms with Crippen LogP contribution in [0.3, 0.4) is 0 Å². The van der Waals surface area contributed by atoms with E-state index in [4.69, 9.17) is 4.74 Å². The molecule has 6 nitrogen and oxygen atoms in total. The molecule has 152 valence electrons. The molecule has 2 rings (SSSR count). The van der Waals surface area contributed by atoms with Gasteiger partial charge in [0.15, 0.2) is 0 Å². The third-order valence-electron chi connectivity index (χ3n) is 4.00. The molecule has 0 saturated heterocycles. The largest absolute Gasteiger partial charge is 0.495 e. The number of halogens is 1. The molecular weight excluding hydrogens is 383 g/mol. The Morgan fingerprint density at radius 2 is 1.82 bits per heavy atom. The molecule has 1 atom stereocenters. The van der Waals surface area contributed by atoms with E-state index in [1.807, 2.05) is 32.0 Å². The number of carbonyl (C=O) groups excluding carboxylic acids is 1. The van der Waals surface area contributed by atoms with E-state index < -0.39 is 27.8 Å². The lowest BCUT2D eigenvalue weighted by Crippen LogP contribution is -2.48. The minimum absolute atomic E-state index is 0.00468. The Labute approximate surface area is 165 Å².